The van der Waals surface area contributed by atoms with Crippen LogP contribution in [0.3, 0.4) is 0 Å². The molecule has 1 amide bonds. The van der Waals surface area contributed by atoms with Gasteiger partial charge in [0.2, 0.25) is 0 Å². The maximum atomic E-state index is 12.3. The quantitative estimate of drug-likeness (QED) is 0.504. The second-order valence-electron chi connectivity index (χ2n) is 5.51. The van der Waals surface area contributed by atoms with Crippen molar-refractivity contribution < 1.29 is 9.72 Å². The van der Waals surface area contributed by atoms with Gasteiger partial charge in [-0.15, -0.1) is 0 Å². The van der Waals surface area contributed by atoms with Crippen molar-refractivity contribution in [2.75, 3.05) is 5.73 Å². The number of hydrogen-bond acceptors (Lipinski definition) is 5. The average molecular weight is 292 g/mol. The number of nitrogen functional groups attached to an aromatic ring is 1. The summed E-state index contributed by atoms with van der Waals surface area (Å²) >= 11 is 0. The third-order valence-electron chi connectivity index (χ3n) is 3.91. The average Bonchev–Trinajstić information content (AvgIpc) is 2.42. The van der Waals surface area contributed by atoms with E-state index in [1.807, 2.05) is 5.01 Å². The first kappa shape index (κ1) is 15.2. The molecule has 2 unspecified atom stereocenters. The zero-order chi connectivity index (χ0) is 15.6. The molecule has 21 heavy (non-hydrogen) atoms. The van der Waals surface area contributed by atoms with Crippen molar-refractivity contribution in [3.05, 3.63) is 33.9 Å². The Labute approximate surface area is 123 Å². The molecule has 2 rings (SSSR count). The van der Waals surface area contributed by atoms with Crippen LogP contribution in [0.2, 0.25) is 0 Å². The number of hydrogen-bond donors (Lipinski definition) is 2. The van der Waals surface area contributed by atoms with Crippen LogP contribution in [0.15, 0.2) is 18.2 Å². The van der Waals surface area contributed by atoms with Gasteiger partial charge in [-0.2, -0.15) is 0 Å². The second kappa shape index (κ2) is 6.09. The van der Waals surface area contributed by atoms with Crippen LogP contribution in [-0.4, -0.2) is 27.9 Å². The summed E-state index contributed by atoms with van der Waals surface area (Å²) in [5, 5.41) is 12.7. The molecule has 0 saturated carbocycles. The fourth-order valence-corrected chi connectivity index (χ4v) is 2.69. The van der Waals surface area contributed by atoms with Crippen molar-refractivity contribution >= 4 is 17.3 Å². The van der Waals surface area contributed by atoms with E-state index < -0.39 is 4.92 Å². The van der Waals surface area contributed by atoms with Crippen LogP contribution >= 0.6 is 0 Å². The maximum Gasteiger partial charge on any atom is 0.292 e. The van der Waals surface area contributed by atoms with E-state index in [4.69, 9.17) is 5.73 Å². The molecule has 1 fully saturated rings. The largest absolute Gasteiger partial charge is 0.393 e. The summed E-state index contributed by atoms with van der Waals surface area (Å²) in [6, 6.07) is 4.56. The van der Waals surface area contributed by atoms with Crippen LogP contribution in [0.25, 0.3) is 0 Å². The van der Waals surface area contributed by atoms with Gasteiger partial charge < -0.3 is 5.73 Å². The molecule has 7 heteroatoms. The molecule has 7 nitrogen and oxygen atoms in total. The first-order valence-corrected chi connectivity index (χ1v) is 7.03. The minimum absolute atomic E-state index is 0.00705. The Hall–Kier alpha value is -2.15. The number of rotatable bonds is 3. The number of nitrogens with one attached hydrogen (secondary N) is 1. The minimum Gasteiger partial charge on any atom is -0.393 e. The van der Waals surface area contributed by atoms with E-state index in [1.165, 1.54) is 18.2 Å². The van der Waals surface area contributed by atoms with E-state index in [0.29, 0.717) is 5.56 Å². The summed E-state index contributed by atoms with van der Waals surface area (Å²) in [6.07, 6.45) is 3.22. The molecule has 0 aliphatic carbocycles. The van der Waals surface area contributed by atoms with E-state index in [-0.39, 0.29) is 29.4 Å². The van der Waals surface area contributed by atoms with Gasteiger partial charge in [-0.05, 0) is 38.8 Å². The van der Waals surface area contributed by atoms with Crippen LogP contribution in [0.1, 0.15) is 43.5 Å². The molecular formula is C14H20N4O3. The number of amides is 1. The van der Waals surface area contributed by atoms with Gasteiger partial charge in [0.15, 0.2) is 0 Å². The molecular weight excluding hydrogens is 272 g/mol. The van der Waals surface area contributed by atoms with Gasteiger partial charge in [0.05, 0.1) is 4.92 Å². The number of hydrazine groups is 1. The Morgan fingerprint density at radius 1 is 1.38 bits per heavy atom. The van der Waals surface area contributed by atoms with Crippen LogP contribution < -0.4 is 11.2 Å². The highest BCUT2D eigenvalue weighted by Gasteiger charge is 2.26. The molecule has 1 saturated heterocycles. The number of nitro benzene ring substituents is 1. The smallest absolute Gasteiger partial charge is 0.292 e. The molecule has 2 atom stereocenters. The summed E-state index contributed by atoms with van der Waals surface area (Å²) in [6.45, 7) is 4.14. The number of nitro groups is 1. The summed E-state index contributed by atoms with van der Waals surface area (Å²) in [5.41, 5.74) is 8.62. The SMILES string of the molecule is CC1CCCC(C)N1NC(=O)c1ccc([N+](=O)[O-])c(N)c1. The topological polar surface area (TPSA) is 102 Å². The summed E-state index contributed by atoms with van der Waals surface area (Å²) in [4.78, 5) is 22.4. The van der Waals surface area contributed by atoms with E-state index in [1.54, 1.807) is 0 Å². The third kappa shape index (κ3) is 3.30. The van der Waals surface area contributed by atoms with Crippen LogP contribution in [-0.2, 0) is 0 Å². The lowest BCUT2D eigenvalue weighted by atomic mass is 10.00. The highest BCUT2D eigenvalue weighted by Crippen LogP contribution is 2.23. The fourth-order valence-electron chi connectivity index (χ4n) is 2.69. The molecule has 0 radical (unpaired) electrons. The first-order chi connectivity index (χ1) is 9.90. The zero-order valence-electron chi connectivity index (χ0n) is 12.2. The standard InChI is InChI=1S/C14H20N4O3/c1-9-4-3-5-10(2)17(9)16-14(19)11-6-7-13(18(20)21)12(15)8-11/h6-10H,3-5,15H2,1-2H3,(H,16,19). The predicted molar refractivity (Wildman–Crippen MR) is 79.6 cm³/mol. The van der Waals surface area contributed by atoms with Crippen molar-refractivity contribution in [1.82, 2.24) is 10.4 Å². The van der Waals surface area contributed by atoms with Crippen LogP contribution in [0, 0.1) is 10.1 Å². The van der Waals surface area contributed by atoms with Gasteiger partial charge in [-0.3, -0.25) is 20.3 Å². The molecule has 1 aromatic carbocycles. The molecule has 0 spiro atoms. The number of carbonyl (C=O) groups is 1. The minimum atomic E-state index is -0.564. The molecule has 1 heterocycles. The van der Waals surface area contributed by atoms with Gasteiger partial charge in [0.25, 0.3) is 11.6 Å². The van der Waals surface area contributed by atoms with Gasteiger partial charge in [0, 0.05) is 23.7 Å². The first-order valence-electron chi connectivity index (χ1n) is 7.03. The maximum absolute atomic E-state index is 12.3. The summed E-state index contributed by atoms with van der Waals surface area (Å²) < 4.78 is 0. The summed E-state index contributed by atoms with van der Waals surface area (Å²) in [7, 11) is 0. The van der Waals surface area contributed by atoms with E-state index >= 15 is 0 Å². The number of benzene rings is 1. The van der Waals surface area contributed by atoms with Crippen molar-refractivity contribution in [3.63, 3.8) is 0 Å². The second-order valence-corrected chi connectivity index (χ2v) is 5.51. The van der Waals surface area contributed by atoms with Gasteiger partial charge in [-0.1, -0.05) is 6.42 Å². The number of carbonyl (C=O) groups excluding carboxylic acids is 1. The molecule has 114 valence electrons. The molecule has 0 bridgehead atoms. The highest BCUT2D eigenvalue weighted by atomic mass is 16.6. The third-order valence-corrected chi connectivity index (χ3v) is 3.91. The zero-order valence-corrected chi connectivity index (χ0v) is 12.2. The Kier molecular flexibility index (Phi) is 4.42. The van der Waals surface area contributed by atoms with Gasteiger partial charge in [0.1, 0.15) is 5.69 Å². The molecule has 1 aliphatic rings. The monoisotopic (exact) mass is 292 g/mol. The lowest BCUT2D eigenvalue weighted by molar-refractivity contribution is -0.383. The van der Waals surface area contributed by atoms with E-state index in [2.05, 4.69) is 19.3 Å². The number of piperidine rings is 1. The van der Waals surface area contributed by atoms with Crippen molar-refractivity contribution in [3.8, 4) is 0 Å². The van der Waals surface area contributed by atoms with Crippen LogP contribution in [0.5, 0.6) is 0 Å². The molecule has 1 aromatic rings. The van der Waals surface area contributed by atoms with Crippen molar-refractivity contribution in [2.24, 2.45) is 0 Å². The Morgan fingerprint density at radius 3 is 2.52 bits per heavy atom. The van der Waals surface area contributed by atoms with E-state index in [9.17, 15) is 14.9 Å². The molecule has 1 aliphatic heterocycles. The summed E-state index contributed by atoms with van der Waals surface area (Å²) in [5.74, 6) is -0.294. The lowest BCUT2D eigenvalue weighted by Gasteiger charge is -2.38. The van der Waals surface area contributed by atoms with E-state index in [0.717, 1.165) is 19.3 Å². The Bertz CT molecular complexity index is 551. The number of anilines is 1. The normalized spacial score (nSPS) is 22.8. The highest BCUT2D eigenvalue weighted by molar-refractivity contribution is 5.95. The lowest BCUT2D eigenvalue weighted by Crippen LogP contribution is -2.54. The number of nitrogens with two attached hydrogens (primary N) is 1. The Balaban J connectivity index is 2.13. The van der Waals surface area contributed by atoms with Gasteiger partial charge >= 0.3 is 0 Å². The van der Waals surface area contributed by atoms with Crippen LogP contribution in [0.4, 0.5) is 11.4 Å². The van der Waals surface area contributed by atoms with Crippen molar-refractivity contribution in [1.29, 1.82) is 0 Å². The molecule has 0 aromatic heterocycles. The number of nitrogens with zero attached hydrogens (tertiary/aromatic N) is 2. The Morgan fingerprint density at radius 2 is 2.00 bits per heavy atom. The van der Waals surface area contributed by atoms with Gasteiger partial charge in [-0.25, -0.2) is 5.01 Å². The molecule has 3 N–H and O–H groups in total. The van der Waals surface area contributed by atoms with Crippen molar-refractivity contribution in [2.45, 2.75) is 45.2 Å². The predicted octanol–water partition coefficient (Wildman–Crippen LogP) is 2.08. The fraction of sp³-hybridized carbons (Fsp3) is 0.500.